The SMILES string of the molecule is CC(=O)O.CC(C)=O.CC(C)C(=O)O. The minimum absolute atomic E-state index is 0.167. The van der Waals surface area contributed by atoms with Gasteiger partial charge < -0.3 is 15.0 Å². The topological polar surface area (TPSA) is 91.7 Å². The number of rotatable bonds is 1. The third kappa shape index (κ3) is 144. The second-order valence-corrected chi connectivity index (χ2v) is 2.92. The van der Waals surface area contributed by atoms with E-state index in [0.29, 0.717) is 0 Å². The van der Waals surface area contributed by atoms with Crippen molar-refractivity contribution < 1.29 is 24.6 Å². The molecule has 0 aliphatic heterocycles. The van der Waals surface area contributed by atoms with Crippen LogP contribution in [0.5, 0.6) is 0 Å². The summed E-state index contributed by atoms with van der Waals surface area (Å²) >= 11 is 0. The van der Waals surface area contributed by atoms with Crippen LogP contribution in [0.25, 0.3) is 0 Å². The van der Waals surface area contributed by atoms with E-state index in [-0.39, 0.29) is 11.7 Å². The van der Waals surface area contributed by atoms with Crippen LogP contribution in [0.2, 0.25) is 0 Å². The molecule has 0 heterocycles. The largest absolute Gasteiger partial charge is 0.481 e. The summed E-state index contributed by atoms with van der Waals surface area (Å²) in [6.07, 6.45) is 0. The number of hydrogen-bond acceptors (Lipinski definition) is 3. The number of Topliss-reactive ketones (excluding diaryl/α,β-unsaturated/α-hetero) is 1. The first-order valence-corrected chi connectivity index (χ1v) is 4.00. The molecule has 0 rings (SSSR count). The number of ketones is 1. The fourth-order valence-electron chi connectivity index (χ4n) is 0. The van der Waals surface area contributed by atoms with Crippen LogP contribution in [0.3, 0.4) is 0 Å². The highest BCUT2D eigenvalue weighted by Crippen LogP contribution is 1.87. The van der Waals surface area contributed by atoms with Crippen molar-refractivity contribution in [1.29, 1.82) is 0 Å². The van der Waals surface area contributed by atoms with E-state index in [0.717, 1.165) is 6.92 Å². The minimum Gasteiger partial charge on any atom is -0.481 e. The van der Waals surface area contributed by atoms with Crippen LogP contribution in [0.4, 0.5) is 0 Å². The molecule has 0 spiro atoms. The lowest BCUT2D eigenvalue weighted by Crippen LogP contribution is -2.03. The molecule has 0 saturated carbocycles. The summed E-state index contributed by atoms with van der Waals surface area (Å²) in [6, 6.07) is 0. The summed E-state index contributed by atoms with van der Waals surface area (Å²) in [5.41, 5.74) is 0. The molecule has 0 unspecified atom stereocenters. The molecule has 0 saturated heterocycles. The molecule has 0 aromatic carbocycles. The van der Waals surface area contributed by atoms with Crippen molar-refractivity contribution in [3.63, 3.8) is 0 Å². The Labute approximate surface area is 83.7 Å². The van der Waals surface area contributed by atoms with Gasteiger partial charge in [-0.05, 0) is 13.8 Å². The van der Waals surface area contributed by atoms with Crippen LogP contribution in [-0.2, 0) is 14.4 Å². The quantitative estimate of drug-likeness (QED) is 0.676. The third-order valence-electron chi connectivity index (χ3n) is 0.494. The number of carboxylic acids is 2. The van der Waals surface area contributed by atoms with Gasteiger partial charge in [-0.25, -0.2) is 0 Å². The van der Waals surface area contributed by atoms with Gasteiger partial charge in [0.25, 0.3) is 5.97 Å². The van der Waals surface area contributed by atoms with Crippen LogP contribution < -0.4 is 0 Å². The third-order valence-corrected chi connectivity index (χ3v) is 0.494. The zero-order chi connectivity index (χ0) is 12.3. The Morgan fingerprint density at radius 1 is 0.929 bits per heavy atom. The first-order chi connectivity index (χ1) is 6.11. The Balaban J connectivity index is -0.000000135. The molecule has 5 nitrogen and oxygen atoms in total. The predicted molar refractivity (Wildman–Crippen MR) is 52.1 cm³/mol. The highest BCUT2D eigenvalue weighted by atomic mass is 16.4. The summed E-state index contributed by atoms with van der Waals surface area (Å²) in [5, 5.41) is 15.4. The summed E-state index contributed by atoms with van der Waals surface area (Å²) in [7, 11) is 0. The molecule has 0 aliphatic carbocycles. The molecular weight excluding hydrogens is 188 g/mol. The maximum atomic E-state index is 9.70. The van der Waals surface area contributed by atoms with Gasteiger partial charge in [-0.15, -0.1) is 0 Å². The van der Waals surface area contributed by atoms with Crippen molar-refractivity contribution in [2.75, 3.05) is 0 Å². The zero-order valence-electron chi connectivity index (χ0n) is 9.20. The Bertz CT molecular complexity index is 164. The lowest BCUT2D eigenvalue weighted by Gasteiger charge is -1.89. The molecule has 84 valence electrons. The Kier molecular flexibility index (Phi) is 15.3. The van der Waals surface area contributed by atoms with E-state index in [1.807, 2.05) is 0 Å². The van der Waals surface area contributed by atoms with Gasteiger partial charge in [0.15, 0.2) is 0 Å². The van der Waals surface area contributed by atoms with E-state index >= 15 is 0 Å². The molecular formula is C9H18O5. The van der Waals surface area contributed by atoms with Crippen LogP contribution in [0, 0.1) is 5.92 Å². The van der Waals surface area contributed by atoms with Gasteiger partial charge >= 0.3 is 5.97 Å². The van der Waals surface area contributed by atoms with Crippen molar-refractivity contribution in [3.05, 3.63) is 0 Å². The van der Waals surface area contributed by atoms with Crippen molar-refractivity contribution in [3.8, 4) is 0 Å². The van der Waals surface area contributed by atoms with Crippen LogP contribution in [-0.4, -0.2) is 27.9 Å². The van der Waals surface area contributed by atoms with Gasteiger partial charge in [0.1, 0.15) is 5.78 Å². The van der Waals surface area contributed by atoms with E-state index in [2.05, 4.69) is 0 Å². The van der Waals surface area contributed by atoms with Gasteiger partial charge in [0, 0.05) is 6.92 Å². The van der Waals surface area contributed by atoms with E-state index in [1.54, 1.807) is 13.8 Å². The fourth-order valence-corrected chi connectivity index (χ4v) is 0. The molecule has 0 aliphatic rings. The van der Waals surface area contributed by atoms with Gasteiger partial charge in [-0.1, -0.05) is 13.8 Å². The van der Waals surface area contributed by atoms with E-state index in [4.69, 9.17) is 15.0 Å². The van der Waals surface area contributed by atoms with Gasteiger partial charge in [-0.3, -0.25) is 9.59 Å². The van der Waals surface area contributed by atoms with Gasteiger partial charge in [0.05, 0.1) is 5.92 Å². The minimum atomic E-state index is -0.833. The summed E-state index contributed by atoms with van der Waals surface area (Å²) < 4.78 is 0. The zero-order valence-corrected chi connectivity index (χ0v) is 9.20. The predicted octanol–water partition coefficient (Wildman–Crippen LogP) is 1.41. The molecule has 0 amide bonds. The number of carbonyl (C=O) groups excluding carboxylic acids is 1. The molecule has 5 heteroatoms. The average Bonchev–Trinajstić information content (AvgIpc) is 1.83. The number of carbonyl (C=O) groups is 3. The first kappa shape index (κ1) is 18.4. The van der Waals surface area contributed by atoms with Crippen molar-refractivity contribution in [2.24, 2.45) is 5.92 Å². The lowest BCUT2D eigenvalue weighted by molar-refractivity contribution is -0.140. The van der Waals surface area contributed by atoms with E-state index in [1.165, 1.54) is 13.8 Å². The molecule has 0 radical (unpaired) electrons. The van der Waals surface area contributed by atoms with Crippen molar-refractivity contribution in [2.45, 2.75) is 34.6 Å². The maximum absolute atomic E-state index is 9.70. The summed E-state index contributed by atoms with van der Waals surface area (Å²) in [5.74, 6) is -1.64. The van der Waals surface area contributed by atoms with Crippen LogP contribution in [0.15, 0.2) is 0 Å². The fraction of sp³-hybridized carbons (Fsp3) is 0.667. The monoisotopic (exact) mass is 206 g/mol. The van der Waals surface area contributed by atoms with Crippen molar-refractivity contribution in [1.82, 2.24) is 0 Å². The maximum Gasteiger partial charge on any atom is 0.305 e. The highest BCUT2D eigenvalue weighted by molar-refractivity contribution is 5.72. The number of aliphatic carboxylic acids is 2. The Morgan fingerprint density at radius 3 is 1.00 bits per heavy atom. The normalized spacial score (nSPS) is 7.57. The molecule has 0 aromatic rings. The smallest absolute Gasteiger partial charge is 0.305 e. The van der Waals surface area contributed by atoms with Crippen molar-refractivity contribution >= 4 is 17.7 Å². The van der Waals surface area contributed by atoms with E-state index < -0.39 is 11.9 Å². The molecule has 0 fully saturated rings. The Hall–Kier alpha value is -1.39. The second kappa shape index (κ2) is 11.6. The molecule has 2 N–H and O–H groups in total. The standard InChI is InChI=1S/C4H8O2.C3H6O.C2H4O2/c1-3(2)4(5)6;1-3(2)4;1-2(3)4/h3H,1-2H3,(H,5,6);1-2H3;1H3,(H,3,4). The van der Waals surface area contributed by atoms with E-state index in [9.17, 15) is 9.59 Å². The highest BCUT2D eigenvalue weighted by Gasteiger charge is 1.99. The molecule has 0 bridgehead atoms. The first-order valence-electron chi connectivity index (χ1n) is 4.00. The number of hydrogen-bond donors (Lipinski definition) is 2. The van der Waals surface area contributed by atoms with Gasteiger partial charge in [0.2, 0.25) is 0 Å². The molecule has 0 atom stereocenters. The number of carboxylic acid groups (broad SMARTS) is 2. The Morgan fingerprint density at radius 2 is 1.00 bits per heavy atom. The lowest BCUT2D eigenvalue weighted by atomic mass is 10.2. The van der Waals surface area contributed by atoms with Crippen LogP contribution in [0.1, 0.15) is 34.6 Å². The summed E-state index contributed by atoms with van der Waals surface area (Å²) in [6.45, 7) is 7.42. The van der Waals surface area contributed by atoms with Crippen LogP contribution >= 0.6 is 0 Å². The average molecular weight is 206 g/mol. The second-order valence-electron chi connectivity index (χ2n) is 2.92. The van der Waals surface area contributed by atoms with Gasteiger partial charge in [-0.2, -0.15) is 0 Å². The molecule has 14 heavy (non-hydrogen) atoms. The molecule has 0 aromatic heterocycles. The summed E-state index contributed by atoms with van der Waals surface area (Å²) in [4.78, 5) is 28.1.